The lowest BCUT2D eigenvalue weighted by Crippen LogP contribution is -2.31. The van der Waals surface area contributed by atoms with Crippen molar-refractivity contribution in [2.75, 3.05) is 4.90 Å². The van der Waals surface area contributed by atoms with Gasteiger partial charge in [0.15, 0.2) is 0 Å². The molecule has 0 atom stereocenters. The zero-order valence-electron chi connectivity index (χ0n) is 25.7. The van der Waals surface area contributed by atoms with Crippen molar-refractivity contribution in [3.05, 3.63) is 139 Å². The van der Waals surface area contributed by atoms with Crippen LogP contribution in [0.1, 0.15) is 25.0 Å². The monoisotopic (exact) mass is 614 g/mol. The lowest BCUT2D eigenvalue weighted by atomic mass is 9.74. The van der Waals surface area contributed by atoms with Gasteiger partial charge in [0.25, 0.3) is 0 Å². The number of hydrogen-bond acceptors (Lipinski definition) is 5. The van der Waals surface area contributed by atoms with Crippen molar-refractivity contribution in [1.29, 1.82) is 0 Å². The van der Waals surface area contributed by atoms with E-state index in [4.69, 9.17) is 14.7 Å². The lowest BCUT2D eigenvalue weighted by Gasteiger charge is -2.41. The average molecular weight is 615 g/mol. The first kappa shape index (κ1) is 26.9. The van der Waals surface area contributed by atoms with Gasteiger partial charge in [0.2, 0.25) is 0 Å². The molecule has 46 heavy (non-hydrogen) atoms. The predicted octanol–water partition coefficient (Wildman–Crippen LogP) is 10.9. The number of ether oxygens (including phenoxy) is 1. The van der Waals surface area contributed by atoms with Gasteiger partial charge in [-0.15, -0.1) is 11.3 Å². The van der Waals surface area contributed by atoms with Crippen molar-refractivity contribution in [2.24, 2.45) is 7.05 Å². The van der Waals surface area contributed by atoms with Crippen molar-refractivity contribution in [1.82, 2.24) is 14.5 Å². The predicted molar refractivity (Wildman–Crippen MR) is 190 cm³/mol. The number of nitrogens with zero attached hydrogens (tertiary/aromatic N) is 4. The summed E-state index contributed by atoms with van der Waals surface area (Å²) in [5.41, 5.74) is 7.53. The molecule has 8 aromatic rings. The molecule has 6 heteroatoms. The van der Waals surface area contributed by atoms with Crippen LogP contribution in [0.5, 0.6) is 11.5 Å². The third-order valence-corrected chi connectivity index (χ3v) is 10.5. The van der Waals surface area contributed by atoms with E-state index >= 15 is 0 Å². The molecule has 0 bridgehead atoms. The molecule has 0 saturated carbocycles. The number of imidazole rings is 1. The summed E-state index contributed by atoms with van der Waals surface area (Å²) in [5.74, 6) is 3.36. The third-order valence-electron chi connectivity index (χ3n) is 9.25. The minimum atomic E-state index is -0.236. The molecule has 5 nitrogen and oxygen atoms in total. The summed E-state index contributed by atoms with van der Waals surface area (Å²) in [6.07, 6.45) is 1.89. The van der Waals surface area contributed by atoms with Gasteiger partial charge in [0, 0.05) is 61.6 Å². The maximum Gasteiger partial charge on any atom is 0.141 e. The van der Waals surface area contributed by atoms with Crippen LogP contribution in [0, 0.1) is 0 Å². The maximum absolute atomic E-state index is 6.53. The van der Waals surface area contributed by atoms with Crippen LogP contribution >= 0.6 is 11.3 Å². The van der Waals surface area contributed by atoms with Gasteiger partial charge in [0.05, 0.1) is 22.4 Å². The highest BCUT2D eigenvalue weighted by atomic mass is 32.1. The summed E-state index contributed by atoms with van der Waals surface area (Å²) in [7, 11) is 2.05. The van der Waals surface area contributed by atoms with E-state index in [0.29, 0.717) is 0 Å². The molecule has 4 heterocycles. The van der Waals surface area contributed by atoms with Gasteiger partial charge in [-0.05, 0) is 54.6 Å². The fourth-order valence-electron chi connectivity index (χ4n) is 7.07. The molecular formula is C40H30N4OS. The van der Waals surface area contributed by atoms with Crippen LogP contribution < -0.4 is 9.64 Å². The lowest BCUT2D eigenvalue weighted by molar-refractivity contribution is 0.483. The quantitative estimate of drug-likeness (QED) is 0.198. The van der Waals surface area contributed by atoms with Gasteiger partial charge >= 0.3 is 0 Å². The Morgan fingerprint density at radius 2 is 1.54 bits per heavy atom. The summed E-state index contributed by atoms with van der Waals surface area (Å²) < 4.78 is 11.3. The number of aryl methyl sites for hydroxylation is 1. The van der Waals surface area contributed by atoms with Crippen LogP contribution in [0.15, 0.2) is 128 Å². The van der Waals surface area contributed by atoms with Crippen LogP contribution in [0.3, 0.4) is 0 Å². The molecule has 1 aliphatic rings. The second kappa shape index (κ2) is 10.0. The fraction of sp³-hybridized carbons (Fsp3) is 0.100. The molecule has 9 rings (SSSR count). The van der Waals surface area contributed by atoms with Gasteiger partial charge in [-0.25, -0.2) is 9.97 Å². The maximum atomic E-state index is 6.53. The minimum Gasteiger partial charge on any atom is -0.457 e. The standard InChI is InChI=1S/C40H30N4OS/c1-40(2)31-16-10-22-41-39(31)44(34-21-20-30-29-15-4-7-19-35(29)46-37(30)36(34)40)26-12-9-14-28(24-26)45-27-13-8-11-25(23-27)38-42-32-17-5-6-18-33(32)43(38)3/h4-24H,1-3H3. The van der Waals surface area contributed by atoms with Crippen molar-refractivity contribution < 1.29 is 4.74 Å². The highest BCUT2D eigenvalue weighted by Gasteiger charge is 2.39. The Morgan fingerprint density at radius 1 is 0.739 bits per heavy atom. The Kier molecular flexibility index (Phi) is 5.86. The second-order valence-electron chi connectivity index (χ2n) is 12.4. The Morgan fingerprint density at radius 3 is 2.43 bits per heavy atom. The van der Waals surface area contributed by atoms with E-state index in [-0.39, 0.29) is 5.41 Å². The van der Waals surface area contributed by atoms with E-state index in [2.05, 4.69) is 109 Å². The largest absolute Gasteiger partial charge is 0.457 e. The molecule has 0 unspecified atom stereocenters. The SMILES string of the molecule is Cn1c(-c2cccc(Oc3cccc(N4c5ccc6c(sc7ccccc76)c5C(C)(C)c5cccnc54)c3)c2)nc2ccccc21. The molecule has 5 aromatic carbocycles. The van der Waals surface area contributed by atoms with Gasteiger partial charge in [0.1, 0.15) is 23.1 Å². The molecule has 0 amide bonds. The molecule has 0 saturated heterocycles. The van der Waals surface area contributed by atoms with Crippen molar-refractivity contribution in [3.8, 4) is 22.9 Å². The van der Waals surface area contributed by atoms with Crippen LogP contribution in [-0.2, 0) is 12.5 Å². The molecule has 0 radical (unpaired) electrons. The zero-order chi connectivity index (χ0) is 31.0. The summed E-state index contributed by atoms with van der Waals surface area (Å²) in [6, 6.07) is 42.2. The second-order valence-corrected chi connectivity index (χ2v) is 13.4. The minimum absolute atomic E-state index is 0.236. The van der Waals surface area contributed by atoms with E-state index in [0.717, 1.165) is 51.1 Å². The van der Waals surface area contributed by atoms with Crippen LogP contribution in [-0.4, -0.2) is 14.5 Å². The average Bonchev–Trinajstić information content (AvgIpc) is 3.62. The summed E-state index contributed by atoms with van der Waals surface area (Å²) in [4.78, 5) is 12.1. The van der Waals surface area contributed by atoms with E-state index in [9.17, 15) is 0 Å². The molecule has 0 fully saturated rings. The normalized spacial score (nSPS) is 13.7. The summed E-state index contributed by atoms with van der Waals surface area (Å²) in [5, 5.41) is 2.61. The Bertz CT molecular complexity index is 2470. The van der Waals surface area contributed by atoms with Crippen LogP contribution in [0.2, 0.25) is 0 Å². The van der Waals surface area contributed by atoms with Crippen LogP contribution in [0.25, 0.3) is 42.6 Å². The van der Waals surface area contributed by atoms with Gasteiger partial charge in [-0.2, -0.15) is 0 Å². The summed E-state index contributed by atoms with van der Waals surface area (Å²) >= 11 is 1.88. The van der Waals surface area contributed by atoms with Crippen molar-refractivity contribution in [3.63, 3.8) is 0 Å². The molecule has 222 valence electrons. The first-order chi connectivity index (χ1) is 22.5. The van der Waals surface area contributed by atoms with Gasteiger partial charge < -0.3 is 9.30 Å². The Balaban J connectivity index is 1.15. The van der Waals surface area contributed by atoms with Crippen molar-refractivity contribution in [2.45, 2.75) is 19.3 Å². The smallest absolute Gasteiger partial charge is 0.141 e. The highest BCUT2D eigenvalue weighted by molar-refractivity contribution is 7.26. The molecule has 3 aromatic heterocycles. The highest BCUT2D eigenvalue weighted by Crippen LogP contribution is 2.55. The Labute approximate surface area is 271 Å². The van der Waals surface area contributed by atoms with E-state index in [1.165, 1.54) is 31.3 Å². The third kappa shape index (κ3) is 4.00. The Hall–Kier alpha value is -5.46. The van der Waals surface area contributed by atoms with E-state index in [1.54, 1.807) is 0 Å². The number of rotatable bonds is 4. The first-order valence-corrected chi connectivity index (χ1v) is 16.3. The van der Waals surface area contributed by atoms with Crippen molar-refractivity contribution >= 4 is 59.7 Å². The van der Waals surface area contributed by atoms with E-state index in [1.807, 2.05) is 60.0 Å². The fourth-order valence-corrected chi connectivity index (χ4v) is 8.47. The zero-order valence-corrected chi connectivity index (χ0v) is 26.5. The number of thiophene rings is 1. The molecule has 0 spiro atoms. The number of hydrogen-bond donors (Lipinski definition) is 0. The number of benzene rings is 5. The molecular weight excluding hydrogens is 585 g/mol. The van der Waals surface area contributed by atoms with Gasteiger partial charge in [-0.3, -0.25) is 4.90 Å². The number of pyridine rings is 1. The molecule has 0 aliphatic carbocycles. The van der Waals surface area contributed by atoms with Crippen LogP contribution in [0.4, 0.5) is 17.2 Å². The number of anilines is 3. The van der Waals surface area contributed by atoms with E-state index < -0.39 is 0 Å². The number of fused-ring (bicyclic) bond motifs is 7. The molecule has 1 aliphatic heterocycles. The number of aromatic nitrogens is 3. The first-order valence-electron chi connectivity index (χ1n) is 15.5. The molecule has 0 N–H and O–H groups in total. The summed E-state index contributed by atoms with van der Waals surface area (Å²) in [6.45, 7) is 4.65. The van der Waals surface area contributed by atoms with Gasteiger partial charge in [-0.1, -0.05) is 74.5 Å². The number of para-hydroxylation sites is 2. The topological polar surface area (TPSA) is 43.2 Å².